The van der Waals surface area contributed by atoms with Crippen LogP contribution in [0.25, 0.3) is 0 Å². The third-order valence-electron chi connectivity index (χ3n) is 1.53. The second-order valence-corrected chi connectivity index (χ2v) is 5.24. The summed E-state index contributed by atoms with van der Waals surface area (Å²) in [6.45, 7) is 4.16. The van der Waals surface area contributed by atoms with E-state index in [1.807, 2.05) is 19.0 Å². The molecule has 0 saturated carbocycles. The molecule has 0 aliphatic rings. The van der Waals surface area contributed by atoms with Gasteiger partial charge in [0.15, 0.2) is 4.34 Å². The zero-order chi connectivity index (χ0) is 10.4. The Labute approximate surface area is 93.1 Å². The Bertz CT molecular complexity index is 262. The van der Waals surface area contributed by atoms with Gasteiger partial charge < -0.3 is 10.2 Å². The van der Waals surface area contributed by atoms with Gasteiger partial charge in [-0.3, -0.25) is 0 Å². The SMILES string of the molecule is CCNCCSc1nnc(N(C)C)s1. The quantitative estimate of drug-likeness (QED) is 0.591. The van der Waals surface area contributed by atoms with Crippen LogP contribution in [0.2, 0.25) is 0 Å². The van der Waals surface area contributed by atoms with Crippen molar-refractivity contribution in [3.63, 3.8) is 0 Å². The average Bonchev–Trinajstić information content (AvgIpc) is 2.61. The third kappa shape index (κ3) is 3.81. The van der Waals surface area contributed by atoms with E-state index < -0.39 is 0 Å². The van der Waals surface area contributed by atoms with E-state index in [1.165, 1.54) is 0 Å². The number of thioether (sulfide) groups is 1. The summed E-state index contributed by atoms with van der Waals surface area (Å²) in [6, 6.07) is 0. The number of anilines is 1. The zero-order valence-corrected chi connectivity index (χ0v) is 10.4. The van der Waals surface area contributed by atoms with Crippen LogP contribution in [-0.2, 0) is 0 Å². The molecule has 0 bridgehead atoms. The van der Waals surface area contributed by atoms with Crippen LogP contribution >= 0.6 is 23.1 Å². The molecular formula is C8H16N4S2. The Morgan fingerprint density at radius 2 is 2.21 bits per heavy atom. The number of nitrogens with zero attached hydrogens (tertiary/aromatic N) is 3. The van der Waals surface area contributed by atoms with Gasteiger partial charge in [-0.2, -0.15) is 0 Å². The Morgan fingerprint density at radius 1 is 1.43 bits per heavy atom. The lowest BCUT2D eigenvalue weighted by Gasteiger charge is -2.03. The summed E-state index contributed by atoms with van der Waals surface area (Å²) in [5, 5.41) is 12.4. The largest absolute Gasteiger partial charge is 0.353 e. The molecule has 0 unspecified atom stereocenters. The molecule has 14 heavy (non-hydrogen) atoms. The minimum Gasteiger partial charge on any atom is -0.353 e. The standard InChI is InChI=1S/C8H16N4S2/c1-4-9-5-6-13-8-11-10-7(14-8)12(2)3/h9H,4-6H2,1-3H3. The minimum atomic E-state index is 0.968. The molecule has 0 amide bonds. The van der Waals surface area contributed by atoms with Gasteiger partial charge in [0.05, 0.1) is 0 Å². The summed E-state index contributed by atoms with van der Waals surface area (Å²) < 4.78 is 1.05. The fourth-order valence-electron chi connectivity index (χ4n) is 0.829. The third-order valence-corrected chi connectivity index (χ3v) is 3.76. The van der Waals surface area contributed by atoms with Gasteiger partial charge in [0.1, 0.15) is 0 Å². The first-order valence-electron chi connectivity index (χ1n) is 4.58. The zero-order valence-electron chi connectivity index (χ0n) is 8.78. The van der Waals surface area contributed by atoms with Crippen molar-refractivity contribution in [3.8, 4) is 0 Å². The highest BCUT2D eigenvalue weighted by molar-refractivity contribution is 8.01. The van der Waals surface area contributed by atoms with Crippen LogP contribution < -0.4 is 10.2 Å². The van der Waals surface area contributed by atoms with E-state index in [-0.39, 0.29) is 0 Å². The maximum Gasteiger partial charge on any atom is 0.208 e. The van der Waals surface area contributed by atoms with Crippen molar-refractivity contribution >= 4 is 28.2 Å². The van der Waals surface area contributed by atoms with Crippen LogP contribution in [0.1, 0.15) is 6.92 Å². The molecule has 80 valence electrons. The number of nitrogens with one attached hydrogen (secondary N) is 1. The molecule has 0 aromatic carbocycles. The van der Waals surface area contributed by atoms with E-state index in [9.17, 15) is 0 Å². The number of hydrogen-bond acceptors (Lipinski definition) is 6. The highest BCUT2D eigenvalue weighted by Gasteiger charge is 2.05. The summed E-state index contributed by atoms with van der Waals surface area (Å²) >= 11 is 3.39. The van der Waals surface area contributed by atoms with Crippen molar-refractivity contribution in [1.82, 2.24) is 15.5 Å². The van der Waals surface area contributed by atoms with Crippen LogP contribution in [-0.4, -0.2) is 43.1 Å². The summed E-state index contributed by atoms with van der Waals surface area (Å²) in [5.74, 6) is 1.05. The number of hydrogen-bond donors (Lipinski definition) is 1. The van der Waals surface area contributed by atoms with E-state index in [4.69, 9.17) is 0 Å². The summed E-state index contributed by atoms with van der Waals surface area (Å²) in [7, 11) is 3.96. The first-order valence-corrected chi connectivity index (χ1v) is 6.38. The molecule has 6 heteroatoms. The van der Waals surface area contributed by atoms with Gasteiger partial charge in [0.2, 0.25) is 5.13 Å². The van der Waals surface area contributed by atoms with Crippen molar-refractivity contribution in [2.24, 2.45) is 0 Å². The Kier molecular flexibility index (Phi) is 5.21. The Hall–Kier alpha value is -0.330. The van der Waals surface area contributed by atoms with Gasteiger partial charge in [-0.25, -0.2) is 0 Å². The monoisotopic (exact) mass is 232 g/mol. The van der Waals surface area contributed by atoms with Crippen molar-refractivity contribution < 1.29 is 0 Å². The topological polar surface area (TPSA) is 41.1 Å². The van der Waals surface area contributed by atoms with Crippen molar-refractivity contribution in [3.05, 3.63) is 0 Å². The van der Waals surface area contributed by atoms with Gasteiger partial charge in [-0.05, 0) is 6.54 Å². The van der Waals surface area contributed by atoms with E-state index in [1.54, 1.807) is 23.1 Å². The molecular weight excluding hydrogens is 216 g/mol. The summed E-state index contributed by atoms with van der Waals surface area (Å²) in [5.41, 5.74) is 0. The molecule has 1 aromatic rings. The molecule has 1 N–H and O–H groups in total. The van der Waals surface area contributed by atoms with Gasteiger partial charge in [-0.15, -0.1) is 10.2 Å². The summed E-state index contributed by atoms with van der Waals surface area (Å²) in [6.07, 6.45) is 0. The van der Waals surface area contributed by atoms with E-state index in [0.717, 1.165) is 28.3 Å². The molecule has 0 radical (unpaired) electrons. The average molecular weight is 232 g/mol. The molecule has 0 fully saturated rings. The van der Waals surface area contributed by atoms with Crippen molar-refractivity contribution in [2.45, 2.75) is 11.3 Å². The molecule has 1 heterocycles. The van der Waals surface area contributed by atoms with E-state index in [0.29, 0.717) is 0 Å². The van der Waals surface area contributed by atoms with E-state index >= 15 is 0 Å². The van der Waals surface area contributed by atoms with Crippen LogP contribution in [0.15, 0.2) is 4.34 Å². The highest BCUT2D eigenvalue weighted by Crippen LogP contribution is 2.26. The van der Waals surface area contributed by atoms with E-state index in [2.05, 4.69) is 22.4 Å². The van der Waals surface area contributed by atoms with Gasteiger partial charge in [0.25, 0.3) is 0 Å². The predicted molar refractivity (Wildman–Crippen MR) is 63.5 cm³/mol. The second-order valence-electron chi connectivity index (χ2n) is 2.95. The molecule has 0 aliphatic heterocycles. The predicted octanol–water partition coefficient (Wildman–Crippen LogP) is 1.31. The Morgan fingerprint density at radius 3 is 2.79 bits per heavy atom. The molecule has 1 aromatic heterocycles. The normalized spacial score (nSPS) is 10.5. The maximum absolute atomic E-state index is 4.10. The minimum absolute atomic E-state index is 0.968. The molecule has 1 rings (SSSR count). The fourth-order valence-corrected chi connectivity index (χ4v) is 2.56. The van der Waals surface area contributed by atoms with Gasteiger partial charge in [0, 0.05) is 26.4 Å². The number of rotatable bonds is 6. The molecule has 0 aliphatic carbocycles. The lowest BCUT2D eigenvalue weighted by atomic mass is 10.7. The highest BCUT2D eigenvalue weighted by atomic mass is 32.2. The second kappa shape index (κ2) is 6.21. The van der Waals surface area contributed by atoms with Crippen LogP contribution in [0, 0.1) is 0 Å². The van der Waals surface area contributed by atoms with Gasteiger partial charge in [-0.1, -0.05) is 30.0 Å². The molecule has 0 atom stereocenters. The smallest absolute Gasteiger partial charge is 0.208 e. The number of aromatic nitrogens is 2. The van der Waals surface area contributed by atoms with Crippen molar-refractivity contribution in [2.75, 3.05) is 37.8 Å². The molecule has 0 saturated heterocycles. The lowest BCUT2D eigenvalue weighted by Crippen LogP contribution is -2.15. The van der Waals surface area contributed by atoms with Crippen molar-refractivity contribution in [1.29, 1.82) is 0 Å². The maximum atomic E-state index is 4.10. The molecule has 0 spiro atoms. The lowest BCUT2D eigenvalue weighted by molar-refractivity contribution is 0.768. The summed E-state index contributed by atoms with van der Waals surface area (Å²) in [4.78, 5) is 1.98. The Balaban J connectivity index is 2.29. The van der Waals surface area contributed by atoms with Gasteiger partial charge >= 0.3 is 0 Å². The first kappa shape index (κ1) is 11.7. The van der Waals surface area contributed by atoms with Crippen LogP contribution in [0.4, 0.5) is 5.13 Å². The fraction of sp³-hybridized carbons (Fsp3) is 0.750. The molecule has 4 nitrogen and oxygen atoms in total. The first-order chi connectivity index (χ1) is 6.74. The van der Waals surface area contributed by atoms with Crippen LogP contribution in [0.5, 0.6) is 0 Å². The van der Waals surface area contributed by atoms with Crippen LogP contribution in [0.3, 0.4) is 0 Å².